The fraction of sp³-hybridized carbons (Fsp3) is 0.500. The van der Waals surface area contributed by atoms with Crippen molar-refractivity contribution in [2.24, 2.45) is 5.92 Å². The second kappa shape index (κ2) is 7.82. The predicted octanol–water partition coefficient (Wildman–Crippen LogP) is 2.44. The standard InChI is InChI=1S/C18H22N2O4/c1-3-10-23-15-8-4-13(5-9-15)17(22)24-11-16(21)20-18(2,12-19)14-6-7-14/h4-5,8-9,14H,3,6-7,10-11H2,1-2H3,(H,20,21)/t18-/m0/s1. The summed E-state index contributed by atoms with van der Waals surface area (Å²) in [5.74, 6) is -0.197. The first-order chi connectivity index (χ1) is 11.5. The largest absolute Gasteiger partial charge is 0.494 e. The highest BCUT2D eigenvalue weighted by atomic mass is 16.5. The summed E-state index contributed by atoms with van der Waals surface area (Å²) in [6.07, 6.45) is 2.76. The maximum absolute atomic E-state index is 11.9. The number of hydrogen-bond acceptors (Lipinski definition) is 5. The van der Waals surface area contributed by atoms with Crippen LogP contribution < -0.4 is 10.1 Å². The SMILES string of the molecule is CCCOc1ccc(C(=O)OCC(=O)N[C@@](C)(C#N)C2CC2)cc1. The van der Waals surface area contributed by atoms with Gasteiger partial charge in [-0.15, -0.1) is 0 Å². The second-order valence-corrected chi connectivity index (χ2v) is 6.09. The molecule has 1 atom stereocenters. The van der Waals surface area contributed by atoms with Crippen LogP contribution >= 0.6 is 0 Å². The van der Waals surface area contributed by atoms with Crippen LogP contribution in [0.2, 0.25) is 0 Å². The summed E-state index contributed by atoms with van der Waals surface area (Å²) < 4.78 is 10.4. The van der Waals surface area contributed by atoms with Gasteiger partial charge in [0.2, 0.25) is 0 Å². The number of carbonyl (C=O) groups is 2. The minimum Gasteiger partial charge on any atom is -0.494 e. The van der Waals surface area contributed by atoms with Crippen molar-refractivity contribution in [3.63, 3.8) is 0 Å². The van der Waals surface area contributed by atoms with E-state index in [0.29, 0.717) is 17.9 Å². The van der Waals surface area contributed by atoms with E-state index < -0.39 is 24.0 Å². The van der Waals surface area contributed by atoms with E-state index in [1.807, 2.05) is 6.92 Å². The Morgan fingerprint density at radius 1 is 1.33 bits per heavy atom. The lowest BCUT2D eigenvalue weighted by Crippen LogP contribution is -2.48. The monoisotopic (exact) mass is 330 g/mol. The number of hydrogen-bond donors (Lipinski definition) is 1. The molecule has 0 bridgehead atoms. The van der Waals surface area contributed by atoms with Gasteiger partial charge in [0.15, 0.2) is 6.61 Å². The summed E-state index contributed by atoms with van der Waals surface area (Å²) in [6.45, 7) is 3.91. The van der Waals surface area contributed by atoms with E-state index >= 15 is 0 Å². The molecule has 2 rings (SSSR count). The van der Waals surface area contributed by atoms with Crippen LogP contribution in [0.1, 0.15) is 43.5 Å². The molecule has 0 aliphatic heterocycles. The average molecular weight is 330 g/mol. The zero-order valence-electron chi connectivity index (χ0n) is 14.0. The van der Waals surface area contributed by atoms with Gasteiger partial charge in [0.25, 0.3) is 5.91 Å². The lowest BCUT2D eigenvalue weighted by molar-refractivity contribution is -0.125. The zero-order chi connectivity index (χ0) is 17.6. The maximum atomic E-state index is 11.9. The molecule has 1 aliphatic rings. The summed E-state index contributed by atoms with van der Waals surface area (Å²) in [5.41, 5.74) is -0.543. The highest BCUT2D eigenvalue weighted by Gasteiger charge is 2.43. The van der Waals surface area contributed by atoms with Crippen LogP contribution in [0.25, 0.3) is 0 Å². The highest BCUT2D eigenvalue weighted by Crippen LogP contribution is 2.39. The number of nitrogens with zero attached hydrogens (tertiary/aromatic N) is 1. The van der Waals surface area contributed by atoms with Crippen molar-refractivity contribution in [1.29, 1.82) is 5.26 Å². The molecule has 0 aromatic heterocycles. The Morgan fingerprint density at radius 2 is 2.00 bits per heavy atom. The fourth-order valence-electron chi connectivity index (χ4n) is 2.33. The predicted molar refractivity (Wildman–Crippen MR) is 87.4 cm³/mol. The minimum absolute atomic E-state index is 0.179. The lowest BCUT2D eigenvalue weighted by Gasteiger charge is -2.22. The van der Waals surface area contributed by atoms with E-state index in [-0.39, 0.29) is 5.92 Å². The number of esters is 1. The van der Waals surface area contributed by atoms with Crippen LogP contribution in [0.3, 0.4) is 0 Å². The third-order valence-corrected chi connectivity index (χ3v) is 3.92. The van der Waals surface area contributed by atoms with Crippen molar-refractivity contribution in [3.8, 4) is 11.8 Å². The van der Waals surface area contributed by atoms with Gasteiger partial charge in [-0.25, -0.2) is 4.79 Å². The van der Waals surface area contributed by atoms with Gasteiger partial charge >= 0.3 is 5.97 Å². The third-order valence-electron chi connectivity index (χ3n) is 3.92. The number of nitriles is 1. The summed E-state index contributed by atoms with van der Waals surface area (Å²) >= 11 is 0. The molecule has 1 amide bonds. The Bertz CT molecular complexity index is 631. The summed E-state index contributed by atoms with van der Waals surface area (Å²) in [7, 11) is 0. The fourth-order valence-corrected chi connectivity index (χ4v) is 2.33. The first kappa shape index (κ1) is 17.8. The first-order valence-corrected chi connectivity index (χ1v) is 8.10. The summed E-state index contributed by atoms with van der Waals surface area (Å²) in [4.78, 5) is 23.8. The van der Waals surface area contributed by atoms with Gasteiger partial charge in [0.05, 0.1) is 18.2 Å². The number of ether oxygens (including phenoxy) is 2. The molecule has 0 saturated heterocycles. The number of nitrogens with one attached hydrogen (secondary N) is 1. The molecule has 1 N–H and O–H groups in total. The normalized spacial score (nSPS) is 15.7. The Kier molecular flexibility index (Phi) is 5.80. The second-order valence-electron chi connectivity index (χ2n) is 6.09. The molecule has 0 unspecified atom stereocenters. The smallest absolute Gasteiger partial charge is 0.338 e. The summed E-state index contributed by atoms with van der Waals surface area (Å²) in [6, 6.07) is 8.68. The van der Waals surface area contributed by atoms with E-state index in [9.17, 15) is 14.9 Å². The van der Waals surface area contributed by atoms with Crippen molar-refractivity contribution in [2.45, 2.75) is 38.6 Å². The molecule has 1 fully saturated rings. The lowest BCUT2D eigenvalue weighted by atomic mass is 9.98. The van der Waals surface area contributed by atoms with Crippen molar-refractivity contribution in [3.05, 3.63) is 29.8 Å². The molecule has 0 spiro atoms. The Labute approximate surface area is 141 Å². The van der Waals surface area contributed by atoms with Gasteiger partial charge in [0, 0.05) is 0 Å². The van der Waals surface area contributed by atoms with E-state index in [4.69, 9.17) is 9.47 Å². The Hall–Kier alpha value is -2.55. The van der Waals surface area contributed by atoms with Crippen LogP contribution in [-0.2, 0) is 9.53 Å². The van der Waals surface area contributed by atoms with Gasteiger partial charge in [-0.05, 0) is 56.4 Å². The van der Waals surface area contributed by atoms with Gasteiger partial charge < -0.3 is 14.8 Å². The molecule has 1 saturated carbocycles. The molecule has 128 valence electrons. The molecule has 0 heterocycles. The van der Waals surface area contributed by atoms with Gasteiger partial charge in [-0.1, -0.05) is 6.92 Å². The van der Waals surface area contributed by atoms with Crippen LogP contribution in [-0.4, -0.2) is 30.6 Å². The number of benzene rings is 1. The molecular weight excluding hydrogens is 308 g/mol. The average Bonchev–Trinajstić information content (AvgIpc) is 3.43. The summed E-state index contributed by atoms with van der Waals surface area (Å²) in [5, 5.41) is 11.9. The Balaban J connectivity index is 1.82. The van der Waals surface area contributed by atoms with Gasteiger partial charge in [-0.3, -0.25) is 4.79 Å². The molecule has 6 nitrogen and oxygen atoms in total. The van der Waals surface area contributed by atoms with Crippen LogP contribution in [0.4, 0.5) is 0 Å². The number of carbonyl (C=O) groups excluding carboxylic acids is 2. The molecule has 1 aliphatic carbocycles. The van der Waals surface area contributed by atoms with Crippen LogP contribution in [0.15, 0.2) is 24.3 Å². The highest BCUT2D eigenvalue weighted by molar-refractivity contribution is 5.91. The maximum Gasteiger partial charge on any atom is 0.338 e. The third kappa shape index (κ3) is 4.72. The van der Waals surface area contributed by atoms with Crippen LogP contribution in [0, 0.1) is 17.2 Å². The molecule has 24 heavy (non-hydrogen) atoms. The molecule has 0 radical (unpaired) electrons. The minimum atomic E-state index is -0.887. The van der Waals surface area contributed by atoms with Crippen molar-refractivity contribution in [2.75, 3.05) is 13.2 Å². The van der Waals surface area contributed by atoms with Crippen molar-refractivity contribution < 1.29 is 19.1 Å². The van der Waals surface area contributed by atoms with Gasteiger partial charge in [0.1, 0.15) is 11.3 Å². The zero-order valence-corrected chi connectivity index (χ0v) is 14.0. The van der Waals surface area contributed by atoms with Crippen molar-refractivity contribution >= 4 is 11.9 Å². The van der Waals surface area contributed by atoms with Crippen molar-refractivity contribution in [1.82, 2.24) is 5.32 Å². The molecule has 1 aromatic rings. The van der Waals surface area contributed by atoms with E-state index in [2.05, 4.69) is 11.4 Å². The number of amides is 1. The Morgan fingerprint density at radius 3 is 2.54 bits per heavy atom. The molecule has 1 aromatic carbocycles. The molecular formula is C18H22N2O4. The van der Waals surface area contributed by atoms with Gasteiger partial charge in [-0.2, -0.15) is 5.26 Å². The van der Waals surface area contributed by atoms with E-state index in [1.165, 1.54) is 0 Å². The topological polar surface area (TPSA) is 88.4 Å². The van der Waals surface area contributed by atoms with Crippen LogP contribution in [0.5, 0.6) is 5.75 Å². The quantitative estimate of drug-likeness (QED) is 0.740. The first-order valence-electron chi connectivity index (χ1n) is 8.10. The van der Waals surface area contributed by atoms with E-state index in [0.717, 1.165) is 19.3 Å². The van der Waals surface area contributed by atoms with E-state index in [1.54, 1.807) is 31.2 Å². The number of rotatable bonds is 8. The molecule has 6 heteroatoms.